The van der Waals surface area contributed by atoms with Crippen molar-refractivity contribution < 1.29 is 39.2 Å². The van der Waals surface area contributed by atoms with E-state index in [1.807, 2.05) is 7.05 Å². The molecule has 2 bridgehead atoms. The van der Waals surface area contributed by atoms with E-state index in [0.717, 1.165) is 12.8 Å². The molecule has 5 heterocycles. The molecule has 0 unspecified atom stereocenters. The van der Waals surface area contributed by atoms with Crippen molar-refractivity contribution in [2.45, 2.75) is 92.7 Å². The Bertz CT molecular complexity index is 893. The SMILES string of the molecule is CN1CCC2(CC1)CC(=O)N1CC[C@@H](NC3CCOCC3)[C@H]1C(=O)NC[C@@H]1O[C@H](C(=O)N2)[C@H](O)[C@H](O)[C@H]1O. The van der Waals surface area contributed by atoms with Gasteiger partial charge < -0.3 is 50.5 Å². The number of likely N-dealkylation sites (tertiary alicyclic amines) is 1. The molecule has 214 valence electrons. The topological polar surface area (TPSA) is 173 Å². The molecule has 6 N–H and O–H groups in total. The number of carbonyl (C=O) groups excluding carboxylic acids is 3. The van der Waals surface area contributed by atoms with Gasteiger partial charge in [0.15, 0.2) is 6.10 Å². The summed E-state index contributed by atoms with van der Waals surface area (Å²) in [7, 11) is 1.97. The Kier molecular flexibility index (Phi) is 8.25. The van der Waals surface area contributed by atoms with Crippen LogP contribution in [-0.2, 0) is 23.9 Å². The van der Waals surface area contributed by atoms with Crippen LogP contribution in [0.4, 0.5) is 0 Å². The third kappa shape index (κ3) is 5.55. The van der Waals surface area contributed by atoms with Gasteiger partial charge in [-0.1, -0.05) is 0 Å². The van der Waals surface area contributed by atoms with Crippen LogP contribution in [0.1, 0.15) is 38.5 Å². The molecular weight excluding hydrogens is 498 g/mol. The molecule has 5 aliphatic heterocycles. The third-order valence-electron chi connectivity index (χ3n) is 8.93. The zero-order valence-corrected chi connectivity index (χ0v) is 21.9. The van der Waals surface area contributed by atoms with Crippen LogP contribution in [0.2, 0.25) is 0 Å². The molecule has 5 aliphatic rings. The number of hydrogen-bond donors (Lipinski definition) is 6. The van der Waals surface area contributed by atoms with Crippen LogP contribution >= 0.6 is 0 Å². The first kappa shape index (κ1) is 27.7. The fourth-order valence-corrected chi connectivity index (χ4v) is 6.50. The fraction of sp³-hybridized carbons (Fsp3) is 0.880. The number of amides is 3. The molecule has 0 aromatic carbocycles. The van der Waals surface area contributed by atoms with Crippen LogP contribution in [0.3, 0.4) is 0 Å². The van der Waals surface area contributed by atoms with Crippen LogP contribution in [0.5, 0.6) is 0 Å². The van der Waals surface area contributed by atoms with Crippen molar-refractivity contribution in [2.24, 2.45) is 0 Å². The van der Waals surface area contributed by atoms with Gasteiger partial charge in [0.1, 0.15) is 30.5 Å². The first-order chi connectivity index (χ1) is 18.2. The van der Waals surface area contributed by atoms with E-state index in [-0.39, 0.29) is 36.9 Å². The number of ether oxygens (including phenoxy) is 2. The first-order valence-electron chi connectivity index (χ1n) is 13.8. The normalized spacial score (nSPS) is 39.5. The second-order valence-electron chi connectivity index (χ2n) is 11.5. The molecule has 0 aromatic heterocycles. The molecular formula is C25H41N5O8. The largest absolute Gasteiger partial charge is 0.388 e. The number of carbonyl (C=O) groups is 3. The summed E-state index contributed by atoms with van der Waals surface area (Å²) in [6, 6.07) is -0.841. The molecule has 5 rings (SSSR count). The summed E-state index contributed by atoms with van der Waals surface area (Å²) in [6.07, 6.45) is -4.08. The van der Waals surface area contributed by atoms with Crippen LogP contribution in [0, 0.1) is 0 Å². The summed E-state index contributed by atoms with van der Waals surface area (Å²) in [5.41, 5.74) is -0.887. The van der Waals surface area contributed by atoms with E-state index in [1.165, 1.54) is 0 Å². The highest BCUT2D eigenvalue weighted by atomic mass is 16.5. The van der Waals surface area contributed by atoms with Crippen molar-refractivity contribution in [1.29, 1.82) is 0 Å². The van der Waals surface area contributed by atoms with Gasteiger partial charge in [-0.05, 0) is 39.2 Å². The van der Waals surface area contributed by atoms with Crippen LogP contribution in [-0.4, -0.2) is 143 Å². The highest BCUT2D eigenvalue weighted by Crippen LogP contribution is 2.31. The lowest BCUT2D eigenvalue weighted by molar-refractivity contribution is -0.220. The quantitative estimate of drug-likeness (QED) is 0.208. The predicted octanol–water partition coefficient (Wildman–Crippen LogP) is -3.32. The number of nitrogens with one attached hydrogen (secondary N) is 3. The number of hydrogen-bond acceptors (Lipinski definition) is 10. The van der Waals surface area contributed by atoms with E-state index in [0.29, 0.717) is 52.1 Å². The van der Waals surface area contributed by atoms with Crippen molar-refractivity contribution in [3.63, 3.8) is 0 Å². The standard InChI is InChI=1S/C25H41N5O8/c1-29-8-5-25(6-9-29)12-17(31)30-7-2-15(27-14-3-10-37-11-4-14)18(30)23(35)26-13-16-19(32)20(33)21(34)22(38-16)24(36)28-25/h14-16,18-22,27,32-34H,2-13H2,1H3,(H,26,35)(H,28,36)/t15-,16+,18+,19+,20-,21-,22+/m1/s1. The number of piperidine rings is 1. The lowest BCUT2D eigenvalue weighted by atomic mass is 9.83. The van der Waals surface area contributed by atoms with Crippen molar-refractivity contribution in [1.82, 2.24) is 25.8 Å². The second kappa shape index (κ2) is 11.3. The molecule has 13 nitrogen and oxygen atoms in total. The van der Waals surface area contributed by atoms with Crippen LogP contribution < -0.4 is 16.0 Å². The van der Waals surface area contributed by atoms with E-state index in [2.05, 4.69) is 20.9 Å². The van der Waals surface area contributed by atoms with Crippen LogP contribution in [0.25, 0.3) is 0 Å². The molecule has 7 atom stereocenters. The van der Waals surface area contributed by atoms with E-state index in [1.54, 1.807) is 4.90 Å². The first-order valence-corrected chi connectivity index (χ1v) is 13.8. The van der Waals surface area contributed by atoms with Gasteiger partial charge in [-0.15, -0.1) is 0 Å². The number of nitrogens with zero attached hydrogens (tertiary/aromatic N) is 2. The van der Waals surface area contributed by atoms with E-state index >= 15 is 0 Å². The Labute approximate surface area is 222 Å². The Hall–Kier alpha value is -1.87. The smallest absolute Gasteiger partial charge is 0.252 e. The molecule has 13 heteroatoms. The zero-order valence-electron chi connectivity index (χ0n) is 21.9. The zero-order chi connectivity index (χ0) is 27.0. The number of aliphatic hydroxyl groups excluding tert-OH is 3. The minimum absolute atomic E-state index is 0.0117. The monoisotopic (exact) mass is 539 g/mol. The number of rotatable bonds is 2. The van der Waals surface area contributed by atoms with Gasteiger partial charge in [0.25, 0.3) is 5.91 Å². The van der Waals surface area contributed by atoms with Gasteiger partial charge in [-0.25, -0.2) is 0 Å². The molecule has 0 aliphatic carbocycles. The molecule has 3 amide bonds. The summed E-state index contributed by atoms with van der Waals surface area (Å²) in [6.45, 7) is 2.82. The van der Waals surface area contributed by atoms with Gasteiger partial charge in [0, 0.05) is 51.5 Å². The van der Waals surface area contributed by atoms with Gasteiger partial charge in [-0.3, -0.25) is 14.4 Å². The van der Waals surface area contributed by atoms with Crippen LogP contribution in [0.15, 0.2) is 0 Å². The summed E-state index contributed by atoms with van der Waals surface area (Å²) in [5.74, 6) is -1.24. The summed E-state index contributed by atoms with van der Waals surface area (Å²) in [4.78, 5) is 44.5. The molecule has 5 fully saturated rings. The Morgan fingerprint density at radius 1 is 0.947 bits per heavy atom. The average Bonchev–Trinajstić information content (AvgIpc) is 3.32. The average molecular weight is 540 g/mol. The fourth-order valence-electron chi connectivity index (χ4n) is 6.50. The van der Waals surface area contributed by atoms with Crippen molar-refractivity contribution in [3.8, 4) is 0 Å². The van der Waals surface area contributed by atoms with Gasteiger partial charge in [0.2, 0.25) is 11.8 Å². The lowest BCUT2D eigenvalue weighted by Gasteiger charge is -2.44. The minimum Gasteiger partial charge on any atom is -0.388 e. The lowest BCUT2D eigenvalue weighted by Crippen LogP contribution is -2.66. The summed E-state index contributed by atoms with van der Waals surface area (Å²) in [5, 5.41) is 40.9. The third-order valence-corrected chi connectivity index (χ3v) is 8.93. The van der Waals surface area contributed by atoms with Crippen molar-refractivity contribution >= 4 is 17.7 Å². The van der Waals surface area contributed by atoms with E-state index in [4.69, 9.17) is 9.47 Å². The highest BCUT2D eigenvalue weighted by Gasteiger charge is 2.51. The van der Waals surface area contributed by atoms with E-state index in [9.17, 15) is 29.7 Å². The summed E-state index contributed by atoms with van der Waals surface area (Å²) < 4.78 is 11.2. The second-order valence-corrected chi connectivity index (χ2v) is 11.5. The predicted molar refractivity (Wildman–Crippen MR) is 133 cm³/mol. The molecule has 0 saturated carbocycles. The molecule has 1 spiro atoms. The maximum absolute atomic E-state index is 13.8. The maximum atomic E-state index is 13.8. The van der Waals surface area contributed by atoms with Gasteiger partial charge in [0.05, 0.1) is 12.0 Å². The van der Waals surface area contributed by atoms with Gasteiger partial charge in [-0.2, -0.15) is 0 Å². The Morgan fingerprint density at radius 2 is 1.66 bits per heavy atom. The number of aliphatic hydroxyl groups is 3. The van der Waals surface area contributed by atoms with E-state index < -0.39 is 48.0 Å². The molecule has 38 heavy (non-hydrogen) atoms. The highest BCUT2D eigenvalue weighted by molar-refractivity contribution is 5.90. The molecule has 0 aromatic rings. The summed E-state index contributed by atoms with van der Waals surface area (Å²) >= 11 is 0. The number of fused-ring (bicyclic) bond motifs is 3. The Morgan fingerprint density at radius 3 is 2.37 bits per heavy atom. The molecule has 0 radical (unpaired) electrons. The van der Waals surface area contributed by atoms with Gasteiger partial charge >= 0.3 is 0 Å². The van der Waals surface area contributed by atoms with Crippen molar-refractivity contribution in [3.05, 3.63) is 0 Å². The maximum Gasteiger partial charge on any atom is 0.252 e. The minimum atomic E-state index is -1.66. The Balaban J connectivity index is 1.44. The molecule has 5 saturated heterocycles. The van der Waals surface area contributed by atoms with Crippen molar-refractivity contribution in [2.75, 3.05) is 46.4 Å².